The zero-order valence-corrected chi connectivity index (χ0v) is 9.26. The van der Waals surface area contributed by atoms with Gasteiger partial charge >= 0.3 is 0 Å². The molecular weight excluding hydrogens is 198 g/mol. The molecule has 0 saturated heterocycles. The van der Waals surface area contributed by atoms with Gasteiger partial charge in [-0.1, -0.05) is 36.4 Å². The molecule has 1 aliphatic carbocycles. The number of hydrogen-bond acceptors (Lipinski definition) is 2. The van der Waals surface area contributed by atoms with E-state index in [0.29, 0.717) is 0 Å². The molecule has 0 bridgehead atoms. The number of rotatable bonds is 3. The maximum absolute atomic E-state index is 3.86. The summed E-state index contributed by atoms with van der Waals surface area (Å²) in [5, 5.41) is 10.0. The van der Waals surface area contributed by atoms with Crippen molar-refractivity contribution >= 4 is 0 Å². The summed E-state index contributed by atoms with van der Waals surface area (Å²) in [4.78, 5) is 0. The van der Waals surface area contributed by atoms with Gasteiger partial charge in [-0.2, -0.15) is 5.10 Å². The third-order valence-corrected chi connectivity index (χ3v) is 2.39. The van der Waals surface area contributed by atoms with E-state index < -0.39 is 0 Å². The lowest BCUT2D eigenvalue weighted by molar-refractivity contribution is 0.688. The highest BCUT2D eigenvalue weighted by molar-refractivity contribution is 5.02. The fourth-order valence-corrected chi connectivity index (χ4v) is 1.31. The average molecular weight is 215 g/mol. The molecule has 84 valence electrons. The summed E-state index contributed by atoms with van der Waals surface area (Å²) in [6.07, 6.45) is 6.47. The Morgan fingerprint density at radius 3 is 2.19 bits per heavy atom. The highest BCUT2D eigenvalue weighted by Gasteiger charge is 2.19. The van der Waals surface area contributed by atoms with Crippen LogP contribution in [0.3, 0.4) is 0 Å². The van der Waals surface area contributed by atoms with E-state index in [0.717, 1.165) is 12.6 Å². The van der Waals surface area contributed by atoms with Crippen molar-refractivity contribution in [3.8, 4) is 0 Å². The van der Waals surface area contributed by atoms with Gasteiger partial charge in [0.05, 0.1) is 6.20 Å². The zero-order chi connectivity index (χ0) is 11.1. The lowest BCUT2D eigenvalue weighted by Gasteiger charge is -1.96. The van der Waals surface area contributed by atoms with E-state index in [1.54, 1.807) is 0 Å². The summed E-state index contributed by atoms with van der Waals surface area (Å²) >= 11 is 0. The minimum atomic E-state index is 0.787. The van der Waals surface area contributed by atoms with Crippen LogP contribution in [0.15, 0.2) is 48.8 Å². The summed E-state index contributed by atoms with van der Waals surface area (Å²) < 4.78 is 0. The number of aromatic amines is 1. The first-order chi connectivity index (χ1) is 7.95. The summed E-state index contributed by atoms with van der Waals surface area (Å²) in [6.45, 7) is 0.959. The van der Waals surface area contributed by atoms with Crippen LogP contribution in [0.5, 0.6) is 0 Å². The van der Waals surface area contributed by atoms with Gasteiger partial charge in [-0.3, -0.25) is 5.10 Å². The van der Waals surface area contributed by atoms with Crippen molar-refractivity contribution < 1.29 is 0 Å². The Labute approximate surface area is 95.9 Å². The predicted molar refractivity (Wildman–Crippen MR) is 64.9 cm³/mol. The van der Waals surface area contributed by atoms with Crippen molar-refractivity contribution in [3.05, 3.63) is 54.4 Å². The van der Waals surface area contributed by atoms with Crippen LogP contribution >= 0.6 is 0 Å². The van der Waals surface area contributed by atoms with Gasteiger partial charge in [0.1, 0.15) is 0 Å². The van der Waals surface area contributed by atoms with Crippen LogP contribution in [-0.4, -0.2) is 16.2 Å². The van der Waals surface area contributed by atoms with Crippen molar-refractivity contribution in [2.45, 2.75) is 25.4 Å². The first kappa shape index (κ1) is 10.9. The Bertz CT molecular complexity index is 339. The molecular formula is C13H17N3. The van der Waals surface area contributed by atoms with Crippen molar-refractivity contribution in [1.82, 2.24) is 15.5 Å². The molecule has 1 aromatic carbocycles. The molecule has 0 atom stereocenters. The van der Waals surface area contributed by atoms with E-state index in [4.69, 9.17) is 0 Å². The van der Waals surface area contributed by atoms with Crippen LogP contribution in [0.4, 0.5) is 0 Å². The molecule has 16 heavy (non-hydrogen) atoms. The zero-order valence-electron chi connectivity index (χ0n) is 9.26. The molecule has 1 fully saturated rings. The molecule has 2 aromatic rings. The van der Waals surface area contributed by atoms with E-state index >= 15 is 0 Å². The van der Waals surface area contributed by atoms with E-state index in [1.807, 2.05) is 48.8 Å². The highest BCUT2D eigenvalue weighted by atomic mass is 15.1. The number of H-pyrrole nitrogens is 1. The monoisotopic (exact) mass is 215 g/mol. The number of benzene rings is 1. The number of nitrogens with zero attached hydrogens (tertiary/aromatic N) is 1. The predicted octanol–water partition coefficient (Wildman–Crippen LogP) is 2.35. The van der Waals surface area contributed by atoms with E-state index in [1.165, 1.54) is 18.4 Å². The van der Waals surface area contributed by atoms with Gasteiger partial charge in [0.15, 0.2) is 0 Å². The van der Waals surface area contributed by atoms with Gasteiger partial charge < -0.3 is 5.32 Å². The second-order valence-electron chi connectivity index (χ2n) is 3.92. The molecule has 1 aliphatic rings. The molecule has 1 aromatic heterocycles. The van der Waals surface area contributed by atoms with Gasteiger partial charge in [-0.05, 0) is 12.8 Å². The third kappa shape index (κ3) is 4.28. The topological polar surface area (TPSA) is 40.7 Å². The van der Waals surface area contributed by atoms with Crippen LogP contribution in [-0.2, 0) is 6.54 Å². The van der Waals surface area contributed by atoms with E-state index in [9.17, 15) is 0 Å². The van der Waals surface area contributed by atoms with Crippen LogP contribution in [0.25, 0.3) is 0 Å². The first-order valence-electron chi connectivity index (χ1n) is 5.66. The number of nitrogens with one attached hydrogen (secondary N) is 2. The fraction of sp³-hybridized carbons (Fsp3) is 0.308. The first-order valence-corrected chi connectivity index (χ1v) is 5.66. The standard InChI is InChI=1S/C7H11N3.C6H6/c1-2-7(1)8-3-6-4-9-10-5-6;1-2-4-6-5-3-1/h4-5,7-8H,1-3H2,(H,9,10);1-6H. The van der Waals surface area contributed by atoms with Crippen LogP contribution < -0.4 is 5.32 Å². The second-order valence-corrected chi connectivity index (χ2v) is 3.92. The minimum absolute atomic E-state index is 0.787. The van der Waals surface area contributed by atoms with Crippen molar-refractivity contribution in [1.29, 1.82) is 0 Å². The molecule has 0 unspecified atom stereocenters. The quantitative estimate of drug-likeness (QED) is 0.825. The molecule has 0 amide bonds. The van der Waals surface area contributed by atoms with E-state index in [2.05, 4.69) is 15.5 Å². The fourth-order valence-electron chi connectivity index (χ4n) is 1.31. The van der Waals surface area contributed by atoms with Gasteiger partial charge in [0.2, 0.25) is 0 Å². The lowest BCUT2D eigenvalue weighted by Crippen LogP contribution is -2.14. The van der Waals surface area contributed by atoms with Crippen LogP contribution in [0.1, 0.15) is 18.4 Å². The Hall–Kier alpha value is -1.61. The van der Waals surface area contributed by atoms with Gasteiger partial charge in [0.25, 0.3) is 0 Å². The van der Waals surface area contributed by atoms with Crippen LogP contribution in [0, 0.1) is 0 Å². The van der Waals surface area contributed by atoms with Gasteiger partial charge in [0, 0.05) is 24.3 Å². The Kier molecular flexibility index (Phi) is 4.14. The summed E-state index contributed by atoms with van der Waals surface area (Å²) in [6, 6.07) is 12.8. The van der Waals surface area contributed by atoms with Gasteiger partial charge in [-0.15, -0.1) is 0 Å². The average Bonchev–Trinajstić information content (AvgIpc) is 3.05. The molecule has 3 rings (SSSR count). The Morgan fingerprint density at radius 1 is 1.12 bits per heavy atom. The number of hydrogen-bond donors (Lipinski definition) is 2. The summed E-state index contributed by atoms with van der Waals surface area (Å²) in [7, 11) is 0. The summed E-state index contributed by atoms with van der Waals surface area (Å²) in [5.41, 5.74) is 1.24. The molecule has 3 heteroatoms. The SMILES string of the molecule is c1ccccc1.c1n[nH]cc1CNC1CC1. The normalized spacial score (nSPS) is 14.0. The van der Waals surface area contributed by atoms with E-state index in [-0.39, 0.29) is 0 Å². The van der Waals surface area contributed by atoms with Crippen LogP contribution in [0.2, 0.25) is 0 Å². The molecule has 1 saturated carbocycles. The van der Waals surface area contributed by atoms with Gasteiger partial charge in [-0.25, -0.2) is 0 Å². The largest absolute Gasteiger partial charge is 0.310 e. The molecule has 2 N–H and O–H groups in total. The Morgan fingerprint density at radius 2 is 1.75 bits per heavy atom. The third-order valence-electron chi connectivity index (χ3n) is 2.39. The second kappa shape index (κ2) is 6.08. The van der Waals surface area contributed by atoms with Crippen molar-refractivity contribution in [2.75, 3.05) is 0 Å². The molecule has 0 radical (unpaired) electrons. The highest BCUT2D eigenvalue weighted by Crippen LogP contribution is 2.18. The number of aromatic nitrogens is 2. The molecule has 1 heterocycles. The molecule has 0 aliphatic heterocycles. The molecule has 3 nitrogen and oxygen atoms in total. The van der Waals surface area contributed by atoms with Crippen molar-refractivity contribution in [2.24, 2.45) is 0 Å². The lowest BCUT2D eigenvalue weighted by atomic mass is 10.3. The smallest absolute Gasteiger partial charge is 0.0532 e. The maximum atomic E-state index is 3.86. The Balaban J connectivity index is 0.000000138. The molecule has 0 spiro atoms. The van der Waals surface area contributed by atoms with Crippen molar-refractivity contribution in [3.63, 3.8) is 0 Å². The minimum Gasteiger partial charge on any atom is -0.310 e. The maximum Gasteiger partial charge on any atom is 0.0532 e. The summed E-state index contributed by atoms with van der Waals surface area (Å²) in [5.74, 6) is 0.